The molecule has 0 saturated heterocycles. The van der Waals surface area contributed by atoms with E-state index in [1.165, 1.54) is 34.7 Å². The summed E-state index contributed by atoms with van der Waals surface area (Å²) in [6.07, 6.45) is 3.46. The number of benzene rings is 3. The Bertz CT molecular complexity index is 846. The molecular formula is C23H25NO. The Balaban J connectivity index is 1.74. The molecule has 25 heavy (non-hydrogen) atoms. The van der Waals surface area contributed by atoms with Crippen molar-refractivity contribution in [3.05, 3.63) is 83.4 Å². The van der Waals surface area contributed by atoms with E-state index in [0.29, 0.717) is 6.54 Å². The Morgan fingerprint density at radius 1 is 0.920 bits per heavy atom. The number of nitrogens with zero attached hydrogens (tertiary/aromatic N) is 1. The fourth-order valence-electron chi connectivity index (χ4n) is 3.17. The maximum absolute atomic E-state index is 12.7. The van der Waals surface area contributed by atoms with E-state index in [1.807, 2.05) is 31.3 Å². The van der Waals surface area contributed by atoms with Crippen LogP contribution in [-0.2, 0) is 13.0 Å². The third kappa shape index (κ3) is 4.08. The van der Waals surface area contributed by atoms with Crippen LogP contribution in [0.15, 0.2) is 66.7 Å². The van der Waals surface area contributed by atoms with Crippen LogP contribution in [0.2, 0.25) is 0 Å². The second-order valence-electron chi connectivity index (χ2n) is 6.60. The molecule has 0 radical (unpaired) electrons. The monoisotopic (exact) mass is 331 g/mol. The molecule has 3 aromatic carbocycles. The smallest absolute Gasteiger partial charge is 0.253 e. The zero-order chi connectivity index (χ0) is 17.6. The van der Waals surface area contributed by atoms with E-state index in [4.69, 9.17) is 0 Å². The molecule has 1 amide bonds. The molecule has 128 valence electrons. The molecule has 0 bridgehead atoms. The number of amides is 1. The van der Waals surface area contributed by atoms with Crippen molar-refractivity contribution in [2.45, 2.75) is 32.7 Å². The van der Waals surface area contributed by atoms with E-state index in [0.717, 1.165) is 12.0 Å². The van der Waals surface area contributed by atoms with Crippen molar-refractivity contribution in [3.8, 4) is 0 Å². The first-order chi connectivity index (χ1) is 12.2. The Morgan fingerprint density at radius 3 is 2.40 bits per heavy atom. The lowest BCUT2D eigenvalue weighted by Gasteiger charge is -2.19. The molecule has 0 heterocycles. The highest BCUT2D eigenvalue weighted by atomic mass is 16.2. The van der Waals surface area contributed by atoms with Gasteiger partial charge in [0.2, 0.25) is 0 Å². The predicted octanol–water partition coefficient (Wildman–Crippen LogP) is 5.45. The topological polar surface area (TPSA) is 20.3 Å². The van der Waals surface area contributed by atoms with Gasteiger partial charge < -0.3 is 4.90 Å². The van der Waals surface area contributed by atoms with Gasteiger partial charge in [-0.1, -0.05) is 67.9 Å². The largest absolute Gasteiger partial charge is 0.337 e. The maximum Gasteiger partial charge on any atom is 0.253 e. The third-order valence-corrected chi connectivity index (χ3v) is 4.65. The molecule has 3 aromatic rings. The van der Waals surface area contributed by atoms with Gasteiger partial charge in [0.05, 0.1) is 0 Å². The lowest BCUT2D eigenvalue weighted by molar-refractivity contribution is 0.0785. The SMILES string of the molecule is CCCCc1ccc(C(=O)N(C)Cc2cccc3ccccc23)cc1. The molecule has 0 aliphatic carbocycles. The molecule has 2 nitrogen and oxygen atoms in total. The molecular weight excluding hydrogens is 306 g/mol. The van der Waals surface area contributed by atoms with Gasteiger partial charge in [-0.2, -0.15) is 0 Å². The Kier molecular flexibility index (Phi) is 5.49. The van der Waals surface area contributed by atoms with Gasteiger partial charge in [0.15, 0.2) is 0 Å². The van der Waals surface area contributed by atoms with Crippen LogP contribution in [-0.4, -0.2) is 17.9 Å². The summed E-state index contributed by atoms with van der Waals surface area (Å²) < 4.78 is 0. The van der Waals surface area contributed by atoms with Crippen molar-refractivity contribution >= 4 is 16.7 Å². The van der Waals surface area contributed by atoms with Gasteiger partial charge >= 0.3 is 0 Å². The second-order valence-corrected chi connectivity index (χ2v) is 6.60. The summed E-state index contributed by atoms with van der Waals surface area (Å²) in [6.45, 7) is 2.80. The first-order valence-corrected chi connectivity index (χ1v) is 9.00. The molecule has 0 unspecified atom stereocenters. The van der Waals surface area contributed by atoms with Crippen LogP contribution in [0.5, 0.6) is 0 Å². The van der Waals surface area contributed by atoms with Crippen molar-refractivity contribution in [2.75, 3.05) is 7.05 Å². The molecule has 0 N–H and O–H groups in total. The van der Waals surface area contributed by atoms with E-state index < -0.39 is 0 Å². The van der Waals surface area contributed by atoms with Crippen LogP contribution in [0, 0.1) is 0 Å². The van der Waals surface area contributed by atoms with E-state index >= 15 is 0 Å². The van der Waals surface area contributed by atoms with E-state index in [9.17, 15) is 4.79 Å². The van der Waals surface area contributed by atoms with Gasteiger partial charge in [0.25, 0.3) is 5.91 Å². The Hall–Kier alpha value is -2.61. The molecule has 2 heteroatoms. The van der Waals surface area contributed by atoms with Crippen LogP contribution < -0.4 is 0 Å². The number of carbonyl (C=O) groups is 1. The molecule has 0 spiro atoms. The molecule has 3 rings (SSSR count). The first-order valence-electron chi connectivity index (χ1n) is 9.00. The Labute approximate surface area is 150 Å². The predicted molar refractivity (Wildman–Crippen MR) is 105 cm³/mol. The number of unbranched alkanes of at least 4 members (excludes halogenated alkanes) is 1. The lowest BCUT2D eigenvalue weighted by Crippen LogP contribution is -2.26. The van der Waals surface area contributed by atoms with Gasteiger partial charge in [0, 0.05) is 19.2 Å². The van der Waals surface area contributed by atoms with Crippen molar-refractivity contribution in [1.82, 2.24) is 4.90 Å². The Morgan fingerprint density at radius 2 is 1.64 bits per heavy atom. The van der Waals surface area contributed by atoms with E-state index in [-0.39, 0.29) is 5.91 Å². The number of aryl methyl sites for hydroxylation is 1. The highest BCUT2D eigenvalue weighted by Gasteiger charge is 2.13. The van der Waals surface area contributed by atoms with Crippen LogP contribution in [0.3, 0.4) is 0 Å². The molecule has 0 aliphatic heterocycles. The average molecular weight is 331 g/mol. The zero-order valence-electron chi connectivity index (χ0n) is 15.0. The minimum atomic E-state index is 0.0648. The fourth-order valence-corrected chi connectivity index (χ4v) is 3.17. The fraction of sp³-hybridized carbons (Fsp3) is 0.261. The van der Waals surface area contributed by atoms with Gasteiger partial charge in [-0.05, 0) is 46.9 Å². The molecule has 0 saturated carbocycles. The van der Waals surface area contributed by atoms with Crippen LogP contribution >= 0.6 is 0 Å². The quantitative estimate of drug-likeness (QED) is 0.588. The van der Waals surface area contributed by atoms with Crippen molar-refractivity contribution in [2.24, 2.45) is 0 Å². The minimum Gasteiger partial charge on any atom is -0.337 e. The molecule has 0 aromatic heterocycles. The summed E-state index contributed by atoms with van der Waals surface area (Å²) in [6, 6.07) is 22.6. The number of hydrogen-bond donors (Lipinski definition) is 0. The van der Waals surface area contributed by atoms with Crippen LogP contribution in [0.1, 0.15) is 41.3 Å². The number of fused-ring (bicyclic) bond motifs is 1. The summed E-state index contributed by atoms with van der Waals surface area (Å²) in [7, 11) is 1.87. The molecule has 0 aliphatic rings. The molecule has 0 fully saturated rings. The maximum atomic E-state index is 12.7. The highest BCUT2D eigenvalue weighted by Crippen LogP contribution is 2.20. The molecule has 0 atom stereocenters. The number of rotatable bonds is 6. The highest BCUT2D eigenvalue weighted by molar-refractivity contribution is 5.94. The normalized spacial score (nSPS) is 10.8. The summed E-state index contributed by atoms with van der Waals surface area (Å²) in [5, 5.41) is 2.42. The van der Waals surface area contributed by atoms with Gasteiger partial charge in [-0.25, -0.2) is 0 Å². The minimum absolute atomic E-state index is 0.0648. The summed E-state index contributed by atoms with van der Waals surface area (Å²) in [5.74, 6) is 0.0648. The van der Waals surface area contributed by atoms with Crippen molar-refractivity contribution in [1.29, 1.82) is 0 Å². The van der Waals surface area contributed by atoms with Gasteiger partial charge in [0.1, 0.15) is 0 Å². The zero-order valence-corrected chi connectivity index (χ0v) is 15.0. The van der Waals surface area contributed by atoms with Crippen LogP contribution in [0.25, 0.3) is 10.8 Å². The van der Waals surface area contributed by atoms with E-state index in [2.05, 4.69) is 49.4 Å². The summed E-state index contributed by atoms with van der Waals surface area (Å²) in [4.78, 5) is 14.5. The lowest BCUT2D eigenvalue weighted by atomic mass is 10.0. The van der Waals surface area contributed by atoms with Crippen molar-refractivity contribution < 1.29 is 4.79 Å². The third-order valence-electron chi connectivity index (χ3n) is 4.65. The van der Waals surface area contributed by atoms with Crippen molar-refractivity contribution in [3.63, 3.8) is 0 Å². The summed E-state index contributed by atoms with van der Waals surface area (Å²) >= 11 is 0. The first kappa shape index (κ1) is 17.2. The summed E-state index contributed by atoms with van der Waals surface area (Å²) in [5.41, 5.74) is 3.23. The van der Waals surface area contributed by atoms with Gasteiger partial charge in [-0.15, -0.1) is 0 Å². The van der Waals surface area contributed by atoms with E-state index in [1.54, 1.807) is 4.90 Å². The average Bonchev–Trinajstić information content (AvgIpc) is 2.66. The number of carbonyl (C=O) groups excluding carboxylic acids is 1. The standard InChI is InChI=1S/C23H25NO/c1-3-4-8-18-13-15-20(16-14-18)23(25)24(2)17-21-11-7-10-19-9-5-6-12-22(19)21/h5-7,9-16H,3-4,8,17H2,1-2H3. The van der Waals surface area contributed by atoms with Crippen LogP contribution in [0.4, 0.5) is 0 Å². The van der Waals surface area contributed by atoms with Gasteiger partial charge in [-0.3, -0.25) is 4.79 Å². The second kappa shape index (κ2) is 7.98. The number of hydrogen-bond acceptors (Lipinski definition) is 1.